The van der Waals surface area contributed by atoms with Crippen LogP contribution in [-0.2, 0) is 9.09 Å². The monoisotopic (exact) mass is 431 g/mol. The van der Waals surface area contributed by atoms with Crippen molar-refractivity contribution < 1.29 is 13.6 Å². The Kier molecular flexibility index (Phi) is 4.89. The fourth-order valence-corrected chi connectivity index (χ4v) is 5.37. The first kappa shape index (κ1) is 19.6. The lowest BCUT2D eigenvalue weighted by Gasteiger charge is -2.21. The van der Waals surface area contributed by atoms with Gasteiger partial charge < -0.3 is 9.51 Å². The van der Waals surface area contributed by atoms with E-state index in [1.165, 1.54) is 0 Å². The van der Waals surface area contributed by atoms with Gasteiger partial charge in [-0.15, -0.1) is 0 Å². The molecule has 0 aliphatic heterocycles. The number of aromatic amines is 2. The van der Waals surface area contributed by atoms with E-state index >= 15 is 0 Å². The van der Waals surface area contributed by atoms with Gasteiger partial charge in [0.05, 0.1) is 22.6 Å². The number of nitrogens with one attached hydrogen (secondary N) is 2. The van der Waals surface area contributed by atoms with Gasteiger partial charge in [-0.1, -0.05) is 36.4 Å². The second-order valence-electron chi connectivity index (χ2n) is 7.63. The highest BCUT2D eigenvalue weighted by Gasteiger charge is 2.30. The number of H-pyrrole nitrogens is 2. The van der Waals surface area contributed by atoms with E-state index in [2.05, 4.69) is 27.3 Å². The molecule has 2 heterocycles. The minimum Gasteiger partial charge on any atom is -0.421 e. The zero-order chi connectivity index (χ0) is 21.4. The third-order valence-electron chi connectivity index (χ3n) is 4.97. The van der Waals surface area contributed by atoms with Crippen molar-refractivity contribution in [2.24, 2.45) is 0 Å². The molecule has 0 saturated carbocycles. The van der Waals surface area contributed by atoms with Crippen LogP contribution in [0.25, 0.3) is 33.2 Å². The van der Waals surface area contributed by atoms with Crippen LogP contribution in [0.2, 0.25) is 0 Å². The van der Waals surface area contributed by atoms with E-state index in [-0.39, 0.29) is 6.10 Å². The number of hydrogen-bond donors (Lipinski definition) is 2. The third kappa shape index (κ3) is 3.76. The molecule has 5 rings (SSSR count). The number of rotatable bonds is 6. The van der Waals surface area contributed by atoms with Crippen LogP contribution in [0.1, 0.15) is 13.8 Å². The lowest BCUT2D eigenvalue weighted by Crippen LogP contribution is -2.15. The van der Waals surface area contributed by atoms with Crippen LogP contribution in [0.15, 0.2) is 78.9 Å². The Morgan fingerprint density at radius 1 is 0.903 bits per heavy atom. The van der Waals surface area contributed by atoms with Gasteiger partial charge >= 0.3 is 7.60 Å². The van der Waals surface area contributed by atoms with Crippen molar-refractivity contribution in [3.05, 3.63) is 78.9 Å². The number of fused-ring (bicyclic) bond motifs is 2. The van der Waals surface area contributed by atoms with Crippen molar-refractivity contribution in [3.8, 4) is 17.1 Å². The van der Waals surface area contributed by atoms with Crippen LogP contribution in [0.4, 0.5) is 0 Å². The Morgan fingerprint density at radius 2 is 1.68 bits per heavy atom. The average Bonchev–Trinajstić information content (AvgIpc) is 3.37. The number of nitrogens with zero attached hydrogens (tertiary/aromatic N) is 1. The van der Waals surface area contributed by atoms with Crippen LogP contribution in [0, 0.1) is 0 Å². The van der Waals surface area contributed by atoms with Gasteiger partial charge in [0.15, 0.2) is 0 Å². The van der Waals surface area contributed by atoms with Crippen LogP contribution >= 0.6 is 7.60 Å². The molecule has 3 aromatic carbocycles. The van der Waals surface area contributed by atoms with Crippen LogP contribution < -0.4 is 9.83 Å². The standard InChI is InChI=1S/C24H22N3O3P/c1-16(2)29-31(28,19-9-4-3-5-10-19)30-18-12-13-22-20(15-18)24(27-26-22)23-14-17-8-6-7-11-21(17)25-23/h3-16,25H,1-2H3,(H,26,27). The minimum absolute atomic E-state index is 0.259. The highest BCUT2D eigenvalue weighted by Crippen LogP contribution is 2.49. The van der Waals surface area contributed by atoms with E-state index < -0.39 is 7.60 Å². The summed E-state index contributed by atoms with van der Waals surface area (Å²) in [7, 11) is -3.56. The molecule has 2 N–H and O–H groups in total. The van der Waals surface area contributed by atoms with E-state index in [1.54, 1.807) is 18.2 Å². The zero-order valence-corrected chi connectivity index (χ0v) is 18.1. The van der Waals surface area contributed by atoms with Crippen molar-refractivity contribution in [2.45, 2.75) is 20.0 Å². The molecule has 0 amide bonds. The Morgan fingerprint density at radius 3 is 2.45 bits per heavy atom. The molecule has 0 radical (unpaired) electrons. The van der Waals surface area contributed by atoms with Gasteiger partial charge in [-0.3, -0.25) is 9.62 Å². The molecule has 0 aliphatic carbocycles. The zero-order valence-electron chi connectivity index (χ0n) is 17.2. The fraction of sp³-hybridized carbons (Fsp3) is 0.125. The highest BCUT2D eigenvalue weighted by molar-refractivity contribution is 7.62. The second-order valence-corrected chi connectivity index (χ2v) is 9.53. The first-order chi connectivity index (χ1) is 15.0. The van der Waals surface area contributed by atoms with E-state index in [1.807, 2.05) is 62.4 Å². The van der Waals surface area contributed by atoms with Crippen molar-refractivity contribution in [1.82, 2.24) is 15.2 Å². The van der Waals surface area contributed by atoms with Gasteiger partial charge in [0.25, 0.3) is 0 Å². The van der Waals surface area contributed by atoms with Gasteiger partial charge in [-0.25, -0.2) is 4.57 Å². The van der Waals surface area contributed by atoms with Gasteiger partial charge in [0.1, 0.15) is 11.4 Å². The summed E-state index contributed by atoms with van der Waals surface area (Å²) in [6.07, 6.45) is -0.259. The van der Waals surface area contributed by atoms with Gasteiger partial charge in [-0.05, 0) is 56.3 Å². The molecule has 156 valence electrons. The normalized spacial score (nSPS) is 13.6. The van der Waals surface area contributed by atoms with Crippen LogP contribution in [0.3, 0.4) is 0 Å². The van der Waals surface area contributed by atoms with Crippen LogP contribution in [-0.4, -0.2) is 21.3 Å². The molecule has 0 spiro atoms. The predicted octanol–water partition coefficient (Wildman–Crippen LogP) is 6.03. The molecule has 1 atom stereocenters. The third-order valence-corrected chi connectivity index (χ3v) is 7.05. The summed E-state index contributed by atoms with van der Waals surface area (Å²) >= 11 is 0. The Balaban J connectivity index is 1.56. The SMILES string of the molecule is CC(C)OP(=O)(Oc1ccc2[nH]nc(-c3cc4ccccc4[nH]3)c2c1)c1ccccc1. The van der Waals surface area contributed by atoms with E-state index in [9.17, 15) is 4.57 Å². The maximum atomic E-state index is 13.7. The average molecular weight is 431 g/mol. The topological polar surface area (TPSA) is 80.0 Å². The summed E-state index contributed by atoms with van der Waals surface area (Å²) in [6.45, 7) is 3.68. The number of aromatic nitrogens is 3. The maximum absolute atomic E-state index is 13.7. The highest BCUT2D eigenvalue weighted by atomic mass is 31.2. The van der Waals surface area contributed by atoms with Gasteiger partial charge in [0.2, 0.25) is 0 Å². The summed E-state index contributed by atoms with van der Waals surface area (Å²) < 4.78 is 25.5. The molecule has 5 aromatic rings. The molecular formula is C24H22N3O3P. The lowest BCUT2D eigenvalue weighted by atomic mass is 10.1. The van der Waals surface area contributed by atoms with Crippen molar-refractivity contribution in [3.63, 3.8) is 0 Å². The number of hydrogen-bond acceptors (Lipinski definition) is 4. The van der Waals surface area contributed by atoms with Crippen LogP contribution in [0.5, 0.6) is 5.75 Å². The molecule has 0 bridgehead atoms. The molecule has 7 heteroatoms. The largest absolute Gasteiger partial charge is 0.421 e. The Labute approximate surface area is 179 Å². The van der Waals surface area contributed by atoms with Crippen molar-refractivity contribution >= 4 is 34.7 Å². The summed E-state index contributed by atoms with van der Waals surface area (Å²) in [5.41, 5.74) is 3.57. The molecule has 0 aliphatic rings. The fourth-order valence-electron chi connectivity index (χ4n) is 3.62. The first-order valence-corrected chi connectivity index (χ1v) is 11.7. The molecule has 1 unspecified atom stereocenters. The van der Waals surface area contributed by atoms with Crippen molar-refractivity contribution in [2.75, 3.05) is 0 Å². The number of benzene rings is 3. The first-order valence-electron chi connectivity index (χ1n) is 10.1. The Bertz CT molecular complexity index is 1370. The van der Waals surface area contributed by atoms with Gasteiger partial charge in [0, 0.05) is 16.3 Å². The minimum atomic E-state index is -3.56. The molecule has 0 saturated heterocycles. The van der Waals surface area contributed by atoms with Crippen molar-refractivity contribution in [1.29, 1.82) is 0 Å². The molecule has 0 fully saturated rings. The second kappa shape index (κ2) is 7.73. The summed E-state index contributed by atoms with van der Waals surface area (Å²) in [4.78, 5) is 3.41. The molecule has 6 nitrogen and oxygen atoms in total. The summed E-state index contributed by atoms with van der Waals surface area (Å²) in [5, 5.41) is 10.1. The molecule has 2 aromatic heterocycles. The van der Waals surface area contributed by atoms with E-state index in [0.717, 1.165) is 33.2 Å². The summed E-state index contributed by atoms with van der Waals surface area (Å²) in [5.74, 6) is 0.457. The molecule has 31 heavy (non-hydrogen) atoms. The number of para-hydroxylation sites is 1. The lowest BCUT2D eigenvalue weighted by molar-refractivity contribution is 0.216. The summed E-state index contributed by atoms with van der Waals surface area (Å²) in [6, 6.07) is 24.7. The molecular weight excluding hydrogens is 409 g/mol. The predicted molar refractivity (Wildman–Crippen MR) is 124 cm³/mol. The van der Waals surface area contributed by atoms with Gasteiger partial charge in [-0.2, -0.15) is 5.10 Å². The smallest absolute Gasteiger partial charge is 0.410 e. The van der Waals surface area contributed by atoms with E-state index in [0.29, 0.717) is 11.1 Å². The maximum Gasteiger partial charge on any atom is 0.410 e. The Hall–Kier alpha value is -3.34. The van der Waals surface area contributed by atoms with E-state index in [4.69, 9.17) is 9.05 Å². The quantitative estimate of drug-likeness (QED) is 0.322.